The maximum atomic E-state index is 6.44. The molecule has 0 saturated heterocycles. The zero-order valence-corrected chi connectivity index (χ0v) is 15.9. The molecule has 5 aromatic rings. The van der Waals surface area contributed by atoms with Crippen LogP contribution in [0.5, 0.6) is 11.5 Å². The molecule has 0 radical (unpaired) electrons. The van der Waals surface area contributed by atoms with Crippen LogP contribution in [0.25, 0.3) is 21.5 Å². The molecule has 2 nitrogen and oxygen atoms in total. The summed E-state index contributed by atoms with van der Waals surface area (Å²) in [6.45, 7) is 0. The predicted molar refractivity (Wildman–Crippen MR) is 118 cm³/mol. The summed E-state index contributed by atoms with van der Waals surface area (Å²) in [4.78, 5) is 0. The van der Waals surface area contributed by atoms with Gasteiger partial charge in [0.05, 0.1) is 0 Å². The fraction of sp³-hybridized carbons (Fsp3) is 0.0370. The Balaban J connectivity index is 1.57. The Morgan fingerprint density at radius 1 is 0.414 bits per heavy atom. The lowest BCUT2D eigenvalue weighted by molar-refractivity contribution is 0.00626. The van der Waals surface area contributed by atoms with E-state index in [1.807, 2.05) is 78.9 Å². The van der Waals surface area contributed by atoms with Crippen LogP contribution in [-0.2, 0) is 0 Å². The molecule has 0 N–H and O–H groups in total. The van der Waals surface area contributed by atoms with Crippen molar-refractivity contribution in [3.8, 4) is 11.5 Å². The molecule has 2 heteroatoms. The van der Waals surface area contributed by atoms with Crippen molar-refractivity contribution in [2.24, 2.45) is 0 Å². The standard InChI is InChI=1S/C27H20O2/c1-2-12-22(13-3-1)27(28-25-18-8-14-20-10-4-6-16-23(20)25)29-26-19-9-15-21-11-5-7-17-24(21)26/h1-19,27H. The van der Waals surface area contributed by atoms with E-state index in [4.69, 9.17) is 9.47 Å². The second-order valence-electron chi connectivity index (χ2n) is 6.93. The Kier molecular flexibility index (Phi) is 4.59. The minimum atomic E-state index is -0.562. The lowest BCUT2D eigenvalue weighted by Gasteiger charge is -2.22. The minimum Gasteiger partial charge on any atom is -0.450 e. The molecule has 0 spiro atoms. The summed E-state index contributed by atoms with van der Waals surface area (Å²) in [5, 5.41) is 4.42. The van der Waals surface area contributed by atoms with Crippen LogP contribution in [0.3, 0.4) is 0 Å². The SMILES string of the molecule is c1ccc(C(Oc2cccc3ccccc23)Oc2cccc3ccccc23)cc1. The molecule has 5 aromatic carbocycles. The molecule has 140 valence electrons. The summed E-state index contributed by atoms with van der Waals surface area (Å²) in [6.07, 6.45) is -0.562. The first-order chi connectivity index (χ1) is 14.4. The quantitative estimate of drug-likeness (QED) is 0.303. The Morgan fingerprint density at radius 3 is 1.41 bits per heavy atom. The molecule has 0 aliphatic rings. The van der Waals surface area contributed by atoms with Gasteiger partial charge in [0.25, 0.3) is 6.29 Å². The number of hydrogen-bond donors (Lipinski definition) is 0. The first kappa shape index (κ1) is 17.3. The van der Waals surface area contributed by atoms with Gasteiger partial charge in [-0.1, -0.05) is 103 Å². The van der Waals surface area contributed by atoms with Gasteiger partial charge in [0, 0.05) is 16.3 Å². The molecule has 0 fully saturated rings. The monoisotopic (exact) mass is 376 g/mol. The number of ether oxygens (including phenoxy) is 2. The van der Waals surface area contributed by atoms with E-state index in [9.17, 15) is 0 Å². The molecule has 29 heavy (non-hydrogen) atoms. The van der Waals surface area contributed by atoms with Crippen molar-refractivity contribution in [2.45, 2.75) is 6.29 Å². The third-order valence-electron chi connectivity index (χ3n) is 5.04. The molecule has 0 amide bonds. The predicted octanol–water partition coefficient (Wildman–Crippen LogP) is 7.15. The number of fused-ring (bicyclic) bond motifs is 2. The molecule has 0 heterocycles. The largest absolute Gasteiger partial charge is 0.450 e. The maximum Gasteiger partial charge on any atom is 0.267 e. The molecular formula is C27H20O2. The van der Waals surface area contributed by atoms with Crippen molar-refractivity contribution in [2.75, 3.05) is 0 Å². The van der Waals surface area contributed by atoms with Gasteiger partial charge in [-0.25, -0.2) is 0 Å². The van der Waals surface area contributed by atoms with Crippen LogP contribution in [0.1, 0.15) is 11.9 Å². The molecule has 0 aromatic heterocycles. The van der Waals surface area contributed by atoms with Crippen molar-refractivity contribution in [3.05, 3.63) is 121 Å². The van der Waals surface area contributed by atoms with Crippen LogP contribution >= 0.6 is 0 Å². The van der Waals surface area contributed by atoms with E-state index in [2.05, 4.69) is 36.4 Å². The average Bonchev–Trinajstić information content (AvgIpc) is 2.80. The molecule has 0 saturated carbocycles. The van der Waals surface area contributed by atoms with Crippen molar-refractivity contribution in [1.29, 1.82) is 0 Å². The van der Waals surface area contributed by atoms with Gasteiger partial charge in [0.1, 0.15) is 11.5 Å². The Hall–Kier alpha value is -3.78. The van der Waals surface area contributed by atoms with Gasteiger partial charge in [-0.3, -0.25) is 0 Å². The lowest BCUT2D eigenvalue weighted by atomic mass is 10.1. The van der Waals surface area contributed by atoms with E-state index < -0.39 is 6.29 Å². The summed E-state index contributed by atoms with van der Waals surface area (Å²) in [5.41, 5.74) is 0.966. The highest BCUT2D eigenvalue weighted by molar-refractivity contribution is 5.89. The van der Waals surface area contributed by atoms with Crippen molar-refractivity contribution in [1.82, 2.24) is 0 Å². The molecule has 0 atom stereocenters. The second-order valence-corrected chi connectivity index (χ2v) is 6.93. The third-order valence-corrected chi connectivity index (χ3v) is 5.04. The van der Waals surface area contributed by atoms with Gasteiger partial charge in [-0.15, -0.1) is 0 Å². The average molecular weight is 376 g/mol. The van der Waals surface area contributed by atoms with E-state index in [1.165, 1.54) is 0 Å². The lowest BCUT2D eigenvalue weighted by Crippen LogP contribution is -2.15. The third kappa shape index (κ3) is 3.53. The van der Waals surface area contributed by atoms with Crippen LogP contribution < -0.4 is 9.47 Å². The topological polar surface area (TPSA) is 18.5 Å². The van der Waals surface area contributed by atoms with Gasteiger partial charge in [-0.2, -0.15) is 0 Å². The van der Waals surface area contributed by atoms with Gasteiger partial charge in [0.15, 0.2) is 0 Å². The van der Waals surface area contributed by atoms with E-state index in [0.29, 0.717) is 0 Å². The Morgan fingerprint density at radius 2 is 0.862 bits per heavy atom. The van der Waals surface area contributed by atoms with Gasteiger partial charge < -0.3 is 9.47 Å². The summed E-state index contributed by atoms with van der Waals surface area (Å²) in [6, 6.07) is 38.7. The first-order valence-corrected chi connectivity index (χ1v) is 9.72. The maximum absolute atomic E-state index is 6.44. The summed E-state index contributed by atoms with van der Waals surface area (Å²) in [5.74, 6) is 1.61. The van der Waals surface area contributed by atoms with E-state index >= 15 is 0 Å². The Bertz CT molecular complexity index is 1170. The zero-order chi connectivity index (χ0) is 19.5. The van der Waals surface area contributed by atoms with Crippen LogP contribution in [0.2, 0.25) is 0 Å². The summed E-state index contributed by atoms with van der Waals surface area (Å²) < 4.78 is 12.9. The first-order valence-electron chi connectivity index (χ1n) is 9.72. The molecule has 0 aliphatic carbocycles. The number of rotatable bonds is 5. The van der Waals surface area contributed by atoms with Crippen LogP contribution in [-0.4, -0.2) is 0 Å². The number of hydrogen-bond acceptors (Lipinski definition) is 2. The van der Waals surface area contributed by atoms with E-state index in [-0.39, 0.29) is 0 Å². The van der Waals surface area contributed by atoms with Crippen LogP contribution in [0.4, 0.5) is 0 Å². The number of benzene rings is 5. The highest BCUT2D eigenvalue weighted by Gasteiger charge is 2.18. The van der Waals surface area contributed by atoms with Crippen molar-refractivity contribution < 1.29 is 9.47 Å². The second kappa shape index (κ2) is 7.69. The van der Waals surface area contributed by atoms with Crippen molar-refractivity contribution >= 4 is 21.5 Å². The van der Waals surface area contributed by atoms with E-state index in [1.54, 1.807) is 0 Å². The van der Waals surface area contributed by atoms with Gasteiger partial charge >= 0.3 is 0 Å². The minimum absolute atomic E-state index is 0.562. The summed E-state index contributed by atoms with van der Waals surface area (Å²) >= 11 is 0. The normalized spacial score (nSPS) is 11.1. The van der Waals surface area contributed by atoms with E-state index in [0.717, 1.165) is 38.6 Å². The molecular weight excluding hydrogens is 356 g/mol. The summed E-state index contributed by atoms with van der Waals surface area (Å²) in [7, 11) is 0. The fourth-order valence-corrected chi connectivity index (χ4v) is 3.60. The molecule has 0 bridgehead atoms. The smallest absolute Gasteiger partial charge is 0.267 e. The van der Waals surface area contributed by atoms with Crippen LogP contribution in [0.15, 0.2) is 115 Å². The highest BCUT2D eigenvalue weighted by atomic mass is 16.7. The molecule has 5 rings (SSSR count). The highest BCUT2D eigenvalue weighted by Crippen LogP contribution is 2.33. The van der Waals surface area contributed by atoms with Crippen molar-refractivity contribution in [3.63, 3.8) is 0 Å². The Labute approximate surface area is 170 Å². The molecule has 0 aliphatic heterocycles. The fourth-order valence-electron chi connectivity index (χ4n) is 3.60. The van der Waals surface area contributed by atoms with Crippen LogP contribution in [0, 0.1) is 0 Å². The van der Waals surface area contributed by atoms with Gasteiger partial charge in [-0.05, 0) is 22.9 Å². The van der Waals surface area contributed by atoms with Gasteiger partial charge in [0.2, 0.25) is 0 Å². The molecule has 0 unspecified atom stereocenters. The zero-order valence-electron chi connectivity index (χ0n) is 15.9.